The average molecular weight is 407 g/mol. The van der Waals surface area contributed by atoms with Crippen LogP contribution in [0, 0.1) is 0 Å². The molecule has 7 heteroatoms. The summed E-state index contributed by atoms with van der Waals surface area (Å²) in [7, 11) is 0. The monoisotopic (exact) mass is 407 g/mol. The molecule has 0 atom stereocenters. The van der Waals surface area contributed by atoms with E-state index >= 15 is 0 Å². The molecule has 2 aromatic carbocycles. The third-order valence-electron chi connectivity index (χ3n) is 5.01. The standard InChI is InChI=1S/C23H25N3O4/c1-23(2,3)18-10-8-17(9-11-18)22(30)25-24-21(29)16-6-4-15(5-7-16)14-26-19(27)12-13-20(26)28/h4-11H,12-14H2,1-3H3,(H,24,29)(H,25,30). The number of hydrazine groups is 1. The van der Waals surface area contributed by atoms with Gasteiger partial charge in [-0.15, -0.1) is 0 Å². The van der Waals surface area contributed by atoms with E-state index in [0.29, 0.717) is 11.1 Å². The van der Waals surface area contributed by atoms with Crippen LogP contribution in [-0.4, -0.2) is 28.5 Å². The van der Waals surface area contributed by atoms with E-state index in [9.17, 15) is 19.2 Å². The number of amides is 4. The van der Waals surface area contributed by atoms with Gasteiger partial charge < -0.3 is 0 Å². The van der Waals surface area contributed by atoms with Crippen LogP contribution >= 0.6 is 0 Å². The maximum Gasteiger partial charge on any atom is 0.269 e. The van der Waals surface area contributed by atoms with Gasteiger partial charge in [-0.1, -0.05) is 45.0 Å². The second kappa shape index (κ2) is 8.49. The summed E-state index contributed by atoms with van der Waals surface area (Å²) in [5.74, 6) is -1.24. The SMILES string of the molecule is CC(C)(C)c1ccc(C(=O)NNC(=O)c2ccc(CN3C(=O)CCC3=O)cc2)cc1. The number of carbonyl (C=O) groups is 4. The molecule has 0 aliphatic carbocycles. The summed E-state index contributed by atoms with van der Waals surface area (Å²) < 4.78 is 0. The molecule has 0 spiro atoms. The summed E-state index contributed by atoms with van der Waals surface area (Å²) >= 11 is 0. The highest BCUT2D eigenvalue weighted by atomic mass is 16.2. The Morgan fingerprint density at radius 2 is 1.23 bits per heavy atom. The van der Waals surface area contributed by atoms with Crippen LogP contribution < -0.4 is 10.9 Å². The summed E-state index contributed by atoms with van der Waals surface area (Å²) in [4.78, 5) is 49.2. The molecule has 156 valence electrons. The van der Waals surface area contributed by atoms with Gasteiger partial charge in [0.2, 0.25) is 11.8 Å². The first-order valence-corrected chi connectivity index (χ1v) is 9.78. The second-order valence-corrected chi connectivity index (χ2v) is 8.31. The van der Waals surface area contributed by atoms with Crippen LogP contribution in [0.3, 0.4) is 0 Å². The summed E-state index contributed by atoms with van der Waals surface area (Å²) in [6.07, 6.45) is 0.496. The molecule has 0 radical (unpaired) electrons. The van der Waals surface area contributed by atoms with Crippen LogP contribution in [0.5, 0.6) is 0 Å². The molecule has 7 nitrogen and oxygen atoms in total. The van der Waals surface area contributed by atoms with E-state index in [4.69, 9.17) is 0 Å². The lowest BCUT2D eigenvalue weighted by Crippen LogP contribution is -2.41. The van der Waals surface area contributed by atoms with Crippen molar-refractivity contribution in [2.45, 2.75) is 45.6 Å². The quantitative estimate of drug-likeness (QED) is 0.602. The number of benzene rings is 2. The van der Waals surface area contributed by atoms with Gasteiger partial charge in [0.25, 0.3) is 11.8 Å². The zero-order chi connectivity index (χ0) is 21.9. The average Bonchev–Trinajstić information content (AvgIpc) is 3.04. The van der Waals surface area contributed by atoms with Crippen molar-refractivity contribution in [1.82, 2.24) is 15.8 Å². The first-order chi connectivity index (χ1) is 14.1. The molecule has 3 rings (SSSR count). The Balaban J connectivity index is 1.55. The Kier molecular flexibility index (Phi) is 6.01. The Bertz CT molecular complexity index is 957. The Hall–Kier alpha value is -3.48. The number of hydrogen-bond donors (Lipinski definition) is 2. The summed E-state index contributed by atoms with van der Waals surface area (Å²) in [5.41, 5.74) is 7.44. The molecule has 1 saturated heterocycles. The maximum atomic E-state index is 12.3. The van der Waals surface area contributed by atoms with E-state index in [-0.39, 0.29) is 36.6 Å². The van der Waals surface area contributed by atoms with Gasteiger partial charge in [-0.2, -0.15) is 0 Å². The number of imide groups is 1. The molecule has 1 aliphatic rings. The summed E-state index contributed by atoms with van der Waals surface area (Å²) in [5, 5.41) is 0. The predicted octanol–water partition coefficient (Wildman–Crippen LogP) is 2.71. The number of carbonyl (C=O) groups excluding carboxylic acids is 4. The van der Waals surface area contributed by atoms with E-state index in [1.54, 1.807) is 36.4 Å². The molecule has 0 bridgehead atoms. The molecule has 0 aromatic heterocycles. The van der Waals surface area contributed by atoms with Crippen molar-refractivity contribution in [3.63, 3.8) is 0 Å². The van der Waals surface area contributed by atoms with E-state index in [1.165, 1.54) is 4.90 Å². The topological polar surface area (TPSA) is 95.6 Å². The lowest BCUT2D eigenvalue weighted by Gasteiger charge is -2.19. The number of nitrogens with zero attached hydrogens (tertiary/aromatic N) is 1. The Morgan fingerprint density at radius 1 is 0.800 bits per heavy atom. The second-order valence-electron chi connectivity index (χ2n) is 8.31. The first-order valence-electron chi connectivity index (χ1n) is 9.78. The van der Waals surface area contributed by atoms with Crippen LogP contribution in [0.2, 0.25) is 0 Å². The highest BCUT2D eigenvalue weighted by Gasteiger charge is 2.28. The molecule has 0 unspecified atom stereocenters. The lowest BCUT2D eigenvalue weighted by atomic mass is 9.87. The molecule has 2 N–H and O–H groups in total. The Morgan fingerprint density at radius 3 is 1.67 bits per heavy atom. The zero-order valence-electron chi connectivity index (χ0n) is 17.3. The van der Waals surface area contributed by atoms with Gasteiger partial charge in [-0.3, -0.25) is 34.9 Å². The fourth-order valence-electron chi connectivity index (χ4n) is 3.12. The van der Waals surface area contributed by atoms with Crippen LogP contribution in [0.25, 0.3) is 0 Å². The van der Waals surface area contributed by atoms with Gasteiger partial charge in [0, 0.05) is 24.0 Å². The van der Waals surface area contributed by atoms with Crippen molar-refractivity contribution in [1.29, 1.82) is 0 Å². The molecule has 4 amide bonds. The molecular weight excluding hydrogens is 382 g/mol. The smallest absolute Gasteiger partial charge is 0.269 e. The van der Waals surface area contributed by atoms with Crippen LogP contribution in [0.15, 0.2) is 48.5 Å². The largest absolute Gasteiger partial charge is 0.278 e. The fourth-order valence-corrected chi connectivity index (χ4v) is 3.12. The summed E-state index contributed by atoms with van der Waals surface area (Å²) in [6, 6.07) is 13.8. The van der Waals surface area contributed by atoms with E-state index in [2.05, 4.69) is 31.6 Å². The van der Waals surface area contributed by atoms with Gasteiger partial charge in [0.15, 0.2) is 0 Å². The van der Waals surface area contributed by atoms with Gasteiger partial charge in [-0.05, 0) is 40.8 Å². The molecule has 30 heavy (non-hydrogen) atoms. The summed E-state index contributed by atoms with van der Waals surface area (Å²) in [6.45, 7) is 6.47. The third-order valence-corrected chi connectivity index (χ3v) is 5.01. The predicted molar refractivity (Wildman–Crippen MR) is 111 cm³/mol. The Labute approximate surface area is 175 Å². The van der Waals surface area contributed by atoms with Gasteiger partial charge >= 0.3 is 0 Å². The van der Waals surface area contributed by atoms with Crippen LogP contribution in [-0.2, 0) is 21.5 Å². The fraction of sp³-hybridized carbons (Fsp3) is 0.304. The van der Waals surface area contributed by atoms with Crippen molar-refractivity contribution in [2.24, 2.45) is 0 Å². The molecule has 0 saturated carbocycles. The highest BCUT2D eigenvalue weighted by Crippen LogP contribution is 2.22. The van der Waals surface area contributed by atoms with E-state index in [0.717, 1.165) is 11.1 Å². The van der Waals surface area contributed by atoms with Crippen molar-refractivity contribution in [3.05, 3.63) is 70.8 Å². The number of likely N-dealkylation sites (tertiary alicyclic amines) is 1. The van der Waals surface area contributed by atoms with E-state index in [1.807, 2.05) is 12.1 Å². The number of rotatable bonds is 4. The normalized spacial score (nSPS) is 14.0. The minimum absolute atomic E-state index is 0.00919. The van der Waals surface area contributed by atoms with Crippen molar-refractivity contribution >= 4 is 23.6 Å². The first kappa shape index (κ1) is 21.2. The van der Waals surface area contributed by atoms with Crippen molar-refractivity contribution in [2.75, 3.05) is 0 Å². The van der Waals surface area contributed by atoms with Crippen molar-refractivity contribution in [3.8, 4) is 0 Å². The molecule has 1 fully saturated rings. The van der Waals surface area contributed by atoms with E-state index < -0.39 is 11.8 Å². The van der Waals surface area contributed by atoms with Gasteiger partial charge in [0.05, 0.1) is 6.54 Å². The molecular formula is C23H25N3O4. The van der Waals surface area contributed by atoms with Crippen molar-refractivity contribution < 1.29 is 19.2 Å². The molecule has 1 heterocycles. The minimum Gasteiger partial charge on any atom is -0.278 e. The van der Waals surface area contributed by atoms with Gasteiger partial charge in [-0.25, -0.2) is 0 Å². The number of hydrogen-bond acceptors (Lipinski definition) is 4. The van der Waals surface area contributed by atoms with Crippen LogP contribution in [0.1, 0.15) is 65.5 Å². The highest BCUT2D eigenvalue weighted by molar-refractivity contribution is 6.02. The third kappa shape index (κ3) is 4.92. The van der Waals surface area contributed by atoms with Crippen LogP contribution in [0.4, 0.5) is 0 Å². The maximum absolute atomic E-state index is 12.3. The number of nitrogens with one attached hydrogen (secondary N) is 2. The lowest BCUT2D eigenvalue weighted by molar-refractivity contribution is -0.139. The molecule has 1 aliphatic heterocycles. The zero-order valence-corrected chi connectivity index (χ0v) is 17.3. The minimum atomic E-state index is -0.463. The molecule has 2 aromatic rings. The van der Waals surface area contributed by atoms with Gasteiger partial charge in [0.1, 0.15) is 0 Å².